The van der Waals surface area contributed by atoms with Crippen molar-refractivity contribution in [1.29, 1.82) is 0 Å². The fourth-order valence-electron chi connectivity index (χ4n) is 1.66. The summed E-state index contributed by atoms with van der Waals surface area (Å²) in [5.41, 5.74) is 0.345. The van der Waals surface area contributed by atoms with Crippen molar-refractivity contribution in [1.82, 2.24) is 9.62 Å². The summed E-state index contributed by atoms with van der Waals surface area (Å²) >= 11 is 0. The highest BCUT2D eigenvalue weighted by Gasteiger charge is 2.16. The van der Waals surface area contributed by atoms with E-state index in [1.165, 1.54) is 17.0 Å². The molecular formula is C14H22N2O4S. The summed E-state index contributed by atoms with van der Waals surface area (Å²) in [6, 6.07) is 6.01. The van der Waals surface area contributed by atoms with Crippen LogP contribution in [0.3, 0.4) is 0 Å². The maximum atomic E-state index is 12.1. The second-order valence-corrected chi connectivity index (χ2v) is 6.44. The van der Waals surface area contributed by atoms with E-state index in [1.807, 2.05) is 6.92 Å². The first-order valence-electron chi connectivity index (χ1n) is 6.77. The molecule has 1 rings (SSSR count). The van der Waals surface area contributed by atoms with Gasteiger partial charge in [0.2, 0.25) is 10.0 Å². The Morgan fingerprint density at radius 1 is 1.33 bits per heavy atom. The Kier molecular flexibility index (Phi) is 6.80. The molecule has 0 heterocycles. The maximum Gasteiger partial charge on any atom is 0.253 e. The van der Waals surface area contributed by atoms with Gasteiger partial charge >= 0.3 is 0 Å². The fourth-order valence-corrected chi connectivity index (χ4v) is 2.78. The van der Waals surface area contributed by atoms with Gasteiger partial charge in [0.25, 0.3) is 5.91 Å². The number of benzene rings is 1. The second-order valence-electron chi connectivity index (χ2n) is 4.68. The van der Waals surface area contributed by atoms with Gasteiger partial charge in [-0.05, 0) is 31.5 Å². The van der Waals surface area contributed by atoms with E-state index in [9.17, 15) is 13.2 Å². The Balaban J connectivity index is 2.75. The van der Waals surface area contributed by atoms with Crippen LogP contribution in [-0.2, 0) is 14.8 Å². The van der Waals surface area contributed by atoms with Gasteiger partial charge in [0.15, 0.2) is 0 Å². The molecule has 1 amide bonds. The van der Waals surface area contributed by atoms with Gasteiger partial charge in [-0.3, -0.25) is 4.79 Å². The molecular weight excluding hydrogens is 292 g/mol. The van der Waals surface area contributed by atoms with Crippen LogP contribution in [0.4, 0.5) is 0 Å². The summed E-state index contributed by atoms with van der Waals surface area (Å²) in [5, 5.41) is 0. The molecule has 0 saturated heterocycles. The number of nitrogens with one attached hydrogen (secondary N) is 1. The van der Waals surface area contributed by atoms with E-state index >= 15 is 0 Å². The summed E-state index contributed by atoms with van der Waals surface area (Å²) in [6.45, 7) is 3.31. The van der Waals surface area contributed by atoms with Gasteiger partial charge in [0.05, 0.1) is 4.90 Å². The standard InChI is InChI=1S/C14H22N2O4S/c1-4-20-10-6-9-15-21(18,19)13-8-5-7-12(11-13)14(17)16(2)3/h5,7-8,11,15H,4,6,9-10H2,1-3H3. The van der Waals surface area contributed by atoms with Crippen LogP contribution in [0.2, 0.25) is 0 Å². The van der Waals surface area contributed by atoms with Crippen molar-refractivity contribution in [3.05, 3.63) is 29.8 Å². The van der Waals surface area contributed by atoms with E-state index in [1.54, 1.807) is 26.2 Å². The third-order valence-corrected chi connectivity index (χ3v) is 4.22. The van der Waals surface area contributed by atoms with Crippen LogP contribution in [0.5, 0.6) is 0 Å². The first-order valence-corrected chi connectivity index (χ1v) is 8.26. The predicted octanol–water partition coefficient (Wildman–Crippen LogP) is 1.09. The maximum absolute atomic E-state index is 12.1. The molecule has 1 aromatic carbocycles. The average Bonchev–Trinajstić information content (AvgIpc) is 2.46. The van der Waals surface area contributed by atoms with Crippen molar-refractivity contribution >= 4 is 15.9 Å². The SMILES string of the molecule is CCOCCCNS(=O)(=O)c1cccc(C(=O)N(C)C)c1. The molecule has 21 heavy (non-hydrogen) atoms. The minimum absolute atomic E-state index is 0.0895. The molecule has 1 N–H and O–H groups in total. The van der Waals surface area contributed by atoms with Crippen molar-refractivity contribution < 1.29 is 17.9 Å². The van der Waals surface area contributed by atoms with Crippen molar-refractivity contribution in [2.45, 2.75) is 18.2 Å². The molecule has 0 unspecified atom stereocenters. The molecule has 0 aliphatic heterocycles. The topological polar surface area (TPSA) is 75.7 Å². The minimum Gasteiger partial charge on any atom is -0.382 e. The Morgan fingerprint density at radius 3 is 2.67 bits per heavy atom. The lowest BCUT2D eigenvalue weighted by atomic mass is 10.2. The summed E-state index contributed by atoms with van der Waals surface area (Å²) in [7, 11) is -0.364. The summed E-state index contributed by atoms with van der Waals surface area (Å²) in [4.78, 5) is 13.3. The quantitative estimate of drug-likeness (QED) is 0.729. The van der Waals surface area contributed by atoms with Gasteiger partial charge in [0.1, 0.15) is 0 Å². The first-order chi connectivity index (χ1) is 9.88. The number of amides is 1. The lowest BCUT2D eigenvalue weighted by Gasteiger charge is -2.12. The average molecular weight is 314 g/mol. The molecule has 7 heteroatoms. The molecule has 6 nitrogen and oxygen atoms in total. The predicted molar refractivity (Wildman–Crippen MR) is 80.8 cm³/mol. The zero-order valence-corrected chi connectivity index (χ0v) is 13.4. The lowest BCUT2D eigenvalue weighted by Crippen LogP contribution is -2.26. The third kappa shape index (κ3) is 5.45. The molecule has 0 saturated carbocycles. The van der Waals surface area contributed by atoms with E-state index < -0.39 is 10.0 Å². The molecule has 0 radical (unpaired) electrons. The number of ether oxygens (including phenoxy) is 1. The minimum atomic E-state index is -3.61. The van der Waals surface area contributed by atoms with Crippen LogP contribution >= 0.6 is 0 Å². The van der Waals surface area contributed by atoms with Gasteiger partial charge in [-0.25, -0.2) is 13.1 Å². The van der Waals surface area contributed by atoms with Crippen molar-refractivity contribution in [3.63, 3.8) is 0 Å². The van der Waals surface area contributed by atoms with Crippen molar-refractivity contribution in [2.24, 2.45) is 0 Å². The lowest BCUT2D eigenvalue weighted by molar-refractivity contribution is 0.0827. The molecule has 0 bridgehead atoms. The largest absolute Gasteiger partial charge is 0.382 e. The van der Waals surface area contributed by atoms with E-state index in [2.05, 4.69) is 4.72 Å². The Hall–Kier alpha value is -1.44. The summed E-state index contributed by atoms with van der Waals surface area (Å²) in [6.07, 6.45) is 0.601. The monoisotopic (exact) mass is 314 g/mol. The molecule has 0 spiro atoms. The fraction of sp³-hybridized carbons (Fsp3) is 0.500. The normalized spacial score (nSPS) is 11.4. The smallest absolute Gasteiger partial charge is 0.253 e. The van der Waals surface area contributed by atoms with Crippen molar-refractivity contribution in [3.8, 4) is 0 Å². The van der Waals surface area contributed by atoms with E-state index in [-0.39, 0.29) is 10.8 Å². The zero-order chi connectivity index (χ0) is 15.9. The second kappa shape index (κ2) is 8.11. The van der Waals surface area contributed by atoms with Crippen LogP contribution in [0, 0.1) is 0 Å². The first kappa shape index (κ1) is 17.6. The van der Waals surface area contributed by atoms with Gasteiger partial charge < -0.3 is 9.64 Å². The molecule has 0 aliphatic carbocycles. The van der Waals surface area contributed by atoms with E-state index in [0.717, 1.165) is 0 Å². The van der Waals surface area contributed by atoms with E-state index in [4.69, 9.17) is 4.74 Å². The van der Waals surface area contributed by atoms with Crippen LogP contribution in [0.15, 0.2) is 29.2 Å². The highest BCUT2D eigenvalue weighted by molar-refractivity contribution is 7.89. The van der Waals surface area contributed by atoms with Gasteiger partial charge in [0, 0.05) is 39.4 Å². The number of rotatable bonds is 8. The Morgan fingerprint density at radius 2 is 2.05 bits per heavy atom. The number of hydrogen-bond acceptors (Lipinski definition) is 4. The highest BCUT2D eigenvalue weighted by Crippen LogP contribution is 2.12. The molecule has 0 aliphatic rings. The van der Waals surface area contributed by atoms with Gasteiger partial charge in [-0.15, -0.1) is 0 Å². The van der Waals surface area contributed by atoms with Gasteiger partial charge in [-0.1, -0.05) is 6.07 Å². The number of carbonyl (C=O) groups is 1. The van der Waals surface area contributed by atoms with Crippen molar-refractivity contribution in [2.75, 3.05) is 33.9 Å². The van der Waals surface area contributed by atoms with Crippen LogP contribution in [0.25, 0.3) is 0 Å². The number of nitrogens with zero attached hydrogens (tertiary/aromatic N) is 1. The summed E-state index contributed by atoms with van der Waals surface area (Å²) < 4.78 is 31.9. The number of carbonyl (C=O) groups excluding carboxylic acids is 1. The molecule has 0 atom stereocenters. The number of hydrogen-bond donors (Lipinski definition) is 1. The Labute approximate surface area is 126 Å². The van der Waals surface area contributed by atoms with Gasteiger partial charge in [-0.2, -0.15) is 0 Å². The highest BCUT2D eigenvalue weighted by atomic mass is 32.2. The zero-order valence-electron chi connectivity index (χ0n) is 12.6. The number of sulfonamides is 1. The molecule has 118 valence electrons. The Bertz CT molecular complexity index is 570. The third-order valence-electron chi connectivity index (χ3n) is 2.76. The van der Waals surface area contributed by atoms with Crippen LogP contribution < -0.4 is 4.72 Å². The molecule has 1 aromatic rings. The van der Waals surface area contributed by atoms with Crippen LogP contribution in [0.1, 0.15) is 23.7 Å². The summed E-state index contributed by atoms with van der Waals surface area (Å²) in [5.74, 6) is -0.233. The molecule has 0 fully saturated rings. The van der Waals surface area contributed by atoms with Crippen LogP contribution in [-0.4, -0.2) is 53.1 Å². The van der Waals surface area contributed by atoms with E-state index in [0.29, 0.717) is 31.7 Å². The molecule has 0 aromatic heterocycles.